The number of halogens is 2. The van der Waals surface area contributed by atoms with Gasteiger partial charge >= 0.3 is 0 Å². The van der Waals surface area contributed by atoms with E-state index in [4.69, 9.17) is 32.7 Å². The molecule has 4 saturated carbocycles. The summed E-state index contributed by atoms with van der Waals surface area (Å²) in [4.78, 5) is 85.3. The highest BCUT2D eigenvalue weighted by molar-refractivity contribution is 6.31. The number of ether oxygens (including phenoxy) is 2. The van der Waals surface area contributed by atoms with Crippen molar-refractivity contribution in [2.24, 2.45) is 24.3 Å². The summed E-state index contributed by atoms with van der Waals surface area (Å²) in [5.41, 5.74) is 3.36. The number of likely N-dealkylation sites (N-methyl/N-ethyl adjacent to an activating group) is 2. The molecular formula is C55H70Cl2N8O7. The average Bonchev–Trinajstić information content (AvgIpc) is 3.68. The lowest BCUT2D eigenvalue weighted by molar-refractivity contribution is -0.156. The van der Waals surface area contributed by atoms with Gasteiger partial charge in [0.1, 0.15) is 29.4 Å². The van der Waals surface area contributed by atoms with Gasteiger partial charge in [-0.15, -0.1) is 0 Å². The molecule has 6 atom stereocenters. The Hall–Kier alpha value is -5.48. The maximum Gasteiger partial charge on any atom is 0.247 e. The number of hydrogen-bond donors (Lipinski definition) is 2. The molecule has 15 nitrogen and oxygen atoms in total. The summed E-state index contributed by atoms with van der Waals surface area (Å²) in [5, 5.41) is 7.16. The molecule has 4 aliphatic carbocycles. The monoisotopic (exact) mass is 1020 g/mol. The van der Waals surface area contributed by atoms with Crippen LogP contribution in [0.4, 0.5) is 0 Å². The van der Waals surface area contributed by atoms with Crippen molar-refractivity contribution in [1.82, 2.24) is 39.8 Å². The maximum absolute atomic E-state index is 15.3. The van der Waals surface area contributed by atoms with Crippen LogP contribution in [0, 0.1) is 17.3 Å². The van der Waals surface area contributed by atoms with Crippen LogP contribution in [0.1, 0.15) is 88.1 Å². The second-order valence-corrected chi connectivity index (χ2v) is 22.0. The number of fused-ring (bicyclic) bond motifs is 1. The molecule has 0 spiro atoms. The van der Waals surface area contributed by atoms with Crippen LogP contribution in [0.3, 0.4) is 0 Å². The predicted molar refractivity (Wildman–Crippen MR) is 277 cm³/mol. The zero-order valence-electron chi connectivity index (χ0n) is 42.7. The van der Waals surface area contributed by atoms with E-state index in [9.17, 15) is 14.4 Å². The fraction of sp³-hybridized carbons (Fsp3) is 0.527. The van der Waals surface area contributed by atoms with Gasteiger partial charge in [0.05, 0.1) is 37.6 Å². The summed E-state index contributed by atoms with van der Waals surface area (Å²) < 4.78 is 14.1. The zero-order chi connectivity index (χ0) is 51.4. The Labute approximate surface area is 433 Å². The number of nitrogens with one attached hydrogen (secondary N) is 2. The zero-order valence-corrected chi connectivity index (χ0v) is 44.2. The highest BCUT2D eigenvalue weighted by Crippen LogP contribution is 2.67. The predicted octanol–water partition coefficient (Wildman–Crippen LogP) is 7.65. The van der Waals surface area contributed by atoms with Gasteiger partial charge in [0, 0.05) is 80.3 Å². The number of carbonyl (C=O) groups is 5. The van der Waals surface area contributed by atoms with Crippen molar-refractivity contribution in [3.05, 3.63) is 99.9 Å². The molecule has 2 bridgehead atoms. The Morgan fingerprint density at radius 3 is 2.19 bits per heavy atom. The molecule has 5 fully saturated rings. The van der Waals surface area contributed by atoms with E-state index in [2.05, 4.69) is 25.1 Å². The van der Waals surface area contributed by atoms with Gasteiger partial charge in [-0.3, -0.25) is 24.0 Å². The van der Waals surface area contributed by atoms with Gasteiger partial charge < -0.3 is 44.3 Å². The van der Waals surface area contributed by atoms with E-state index >= 15 is 9.59 Å². The first-order chi connectivity index (χ1) is 34.4. The number of benzene rings is 3. The number of nitrogens with zero attached hydrogens (tertiary/aromatic N) is 6. The van der Waals surface area contributed by atoms with Gasteiger partial charge in [0.25, 0.3) is 0 Å². The number of imidazole rings is 1. The summed E-state index contributed by atoms with van der Waals surface area (Å²) in [6.07, 6.45) is 8.83. The Balaban J connectivity index is 1.13. The molecule has 1 aromatic heterocycles. The third-order valence-electron chi connectivity index (χ3n) is 15.6. The number of aromatic nitrogens is 2. The second kappa shape index (κ2) is 22.7. The molecule has 1 saturated heterocycles. The fourth-order valence-corrected chi connectivity index (χ4v) is 11.8. The lowest BCUT2D eigenvalue weighted by Crippen LogP contribution is -2.59. The van der Waals surface area contributed by atoms with E-state index < -0.39 is 41.8 Å². The molecule has 17 heteroatoms. The van der Waals surface area contributed by atoms with Crippen LogP contribution in [0.15, 0.2) is 72.9 Å². The van der Waals surface area contributed by atoms with E-state index in [1.807, 2.05) is 63.7 Å². The molecule has 72 heavy (non-hydrogen) atoms. The molecule has 5 aliphatic rings. The summed E-state index contributed by atoms with van der Waals surface area (Å²) in [6, 6.07) is 16.5. The van der Waals surface area contributed by atoms with Gasteiger partial charge in [-0.05, 0) is 131 Å². The van der Waals surface area contributed by atoms with Crippen LogP contribution in [0.25, 0.3) is 11.3 Å². The molecule has 1 unspecified atom stereocenters. The molecule has 2 heterocycles. The topological polar surface area (TPSA) is 159 Å². The SMILES string of the molecule is COC[C@@H]1NC(=O)[C@H](C)N(Cc2ccc(Cl)cc2Oc2ccc(-c3cnc(CN(C)C)n3C)cc2)C(=O)C[C@@H](CC23CC(C2)C3)C(=O)N(C)C2CCCC[C@@H]2NC(=O)C[C@H](Cc2ccc(Cl)cc2)N(C)C1=O. The molecule has 4 aromatic rings. The van der Waals surface area contributed by atoms with Crippen molar-refractivity contribution in [2.45, 2.75) is 121 Å². The van der Waals surface area contributed by atoms with Crippen LogP contribution in [-0.2, 0) is 55.3 Å². The van der Waals surface area contributed by atoms with Crippen LogP contribution in [0.2, 0.25) is 10.0 Å². The van der Waals surface area contributed by atoms with E-state index in [-0.39, 0.29) is 55.3 Å². The number of methoxy groups -OCH3 is 1. The lowest BCUT2D eigenvalue weighted by Gasteiger charge is -2.63. The quantitative estimate of drug-likeness (QED) is 0.137. The van der Waals surface area contributed by atoms with Crippen LogP contribution in [-0.4, -0.2) is 131 Å². The summed E-state index contributed by atoms with van der Waals surface area (Å²) >= 11 is 12.9. The number of rotatable bonds is 13. The smallest absolute Gasteiger partial charge is 0.247 e. The van der Waals surface area contributed by atoms with Gasteiger partial charge in [0.15, 0.2) is 0 Å². The van der Waals surface area contributed by atoms with Gasteiger partial charge in [0.2, 0.25) is 29.5 Å². The van der Waals surface area contributed by atoms with Crippen molar-refractivity contribution in [3.63, 3.8) is 0 Å². The van der Waals surface area contributed by atoms with Crippen molar-refractivity contribution < 1.29 is 33.4 Å². The average molecular weight is 1030 g/mol. The van der Waals surface area contributed by atoms with E-state index in [1.165, 1.54) is 16.9 Å². The molecular weight excluding hydrogens is 956 g/mol. The van der Waals surface area contributed by atoms with E-state index in [1.54, 1.807) is 56.3 Å². The molecule has 386 valence electrons. The summed E-state index contributed by atoms with van der Waals surface area (Å²) in [5.74, 6) is 0.00525. The highest BCUT2D eigenvalue weighted by atomic mass is 35.5. The molecule has 9 rings (SSSR count). The fourth-order valence-electron chi connectivity index (χ4n) is 11.5. The molecule has 0 radical (unpaired) electrons. The largest absolute Gasteiger partial charge is 0.457 e. The first-order valence-electron chi connectivity index (χ1n) is 25.3. The normalized spacial score (nSPS) is 26.6. The third-order valence-corrected chi connectivity index (χ3v) is 16.1. The Bertz CT molecular complexity index is 2590. The minimum Gasteiger partial charge on any atom is -0.457 e. The first kappa shape index (κ1) is 52.8. The molecule has 3 aromatic carbocycles. The Morgan fingerprint density at radius 1 is 0.833 bits per heavy atom. The Kier molecular flexibility index (Phi) is 16.7. The minimum atomic E-state index is -1.17. The number of amides is 5. The Morgan fingerprint density at radius 2 is 1.53 bits per heavy atom. The molecule has 1 aliphatic heterocycles. The van der Waals surface area contributed by atoms with Crippen molar-refractivity contribution in [1.29, 1.82) is 0 Å². The lowest BCUT2D eigenvalue weighted by atomic mass is 9.42. The van der Waals surface area contributed by atoms with E-state index in [0.29, 0.717) is 65.3 Å². The van der Waals surface area contributed by atoms with Crippen LogP contribution >= 0.6 is 23.2 Å². The summed E-state index contributed by atoms with van der Waals surface area (Å²) in [6.45, 7) is 2.08. The van der Waals surface area contributed by atoms with Crippen molar-refractivity contribution in [2.75, 3.05) is 41.9 Å². The van der Waals surface area contributed by atoms with Gasteiger partial charge in [-0.2, -0.15) is 0 Å². The molecule has 2 N–H and O–H groups in total. The van der Waals surface area contributed by atoms with Crippen LogP contribution in [0.5, 0.6) is 11.5 Å². The number of carbonyl (C=O) groups excluding carboxylic acids is 5. The first-order valence-corrected chi connectivity index (χ1v) is 26.0. The number of hydrogen-bond acceptors (Lipinski definition) is 9. The maximum atomic E-state index is 15.3. The van der Waals surface area contributed by atoms with Gasteiger partial charge in [-0.1, -0.05) is 54.2 Å². The van der Waals surface area contributed by atoms with Crippen LogP contribution < -0.4 is 15.4 Å². The standard InChI is InChI=1S/C55H70Cl2N8O7/c1-34-52(68)60-45(33-71-7)54(70)62(4)42(22-35-12-17-40(56)18-13-35)25-50(66)59-44-10-8-9-11-46(44)64(6)53(69)39(29-55-26-36(27-55)28-55)23-51(67)65(34)31-38-14-19-41(57)24-48(38)72-43-20-15-37(16-21-43)47-30-58-49(63(47)5)32-61(2)3/h12-21,24,30,34,36,39,42,44-46H,8-11,22-23,25-29,31-33H2,1-7H3,(H,59,66)(H,60,68)/t34-,36?,39-,42-,44-,45-,46?,55?/m0/s1. The minimum absolute atomic E-state index is 0.00791. The third kappa shape index (κ3) is 12.1. The van der Waals surface area contributed by atoms with Gasteiger partial charge in [-0.25, -0.2) is 4.98 Å². The second-order valence-electron chi connectivity index (χ2n) is 21.1. The molecule has 5 amide bonds. The van der Waals surface area contributed by atoms with E-state index in [0.717, 1.165) is 54.7 Å². The van der Waals surface area contributed by atoms with Crippen molar-refractivity contribution >= 4 is 52.7 Å². The summed E-state index contributed by atoms with van der Waals surface area (Å²) in [7, 11) is 10.9. The van der Waals surface area contributed by atoms with Crippen molar-refractivity contribution in [3.8, 4) is 22.8 Å². The highest BCUT2D eigenvalue weighted by Gasteiger charge is 2.57.